The van der Waals surface area contributed by atoms with Crippen LogP contribution >= 0.6 is 0 Å². The third-order valence-corrected chi connectivity index (χ3v) is 16.8. The summed E-state index contributed by atoms with van der Waals surface area (Å²) in [5, 5.41) is 0. The normalized spacial score (nSPS) is 18.2. The third-order valence-electron chi connectivity index (χ3n) is 12.2. The summed E-state index contributed by atoms with van der Waals surface area (Å²) in [6.07, 6.45) is 5.06. The molecule has 2 aliphatic heterocycles. The van der Waals surface area contributed by atoms with Gasteiger partial charge in [0.15, 0.2) is 0 Å². The summed E-state index contributed by atoms with van der Waals surface area (Å²) < 4.78 is 0. The molecule has 0 radical (unpaired) electrons. The van der Waals surface area contributed by atoms with Crippen LogP contribution in [0, 0.1) is 0 Å². The molecule has 6 aromatic rings. The molecule has 4 aliphatic rings. The minimum Gasteiger partial charge on any atom is -0.336 e. The lowest BCUT2D eigenvalue weighted by Crippen LogP contribution is -2.42. The van der Waals surface area contributed by atoms with Crippen LogP contribution in [0.25, 0.3) is 34.4 Å². The molecule has 0 amide bonds. The molecule has 248 valence electrons. The fourth-order valence-corrected chi connectivity index (χ4v) is 15.3. The third kappa shape index (κ3) is 4.47. The summed E-state index contributed by atoms with van der Waals surface area (Å²) in [4.78, 5) is 5.13. The number of hydrogen-bond acceptors (Lipinski definition) is 2. The van der Waals surface area contributed by atoms with Crippen molar-refractivity contribution >= 4 is 43.0 Å². The van der Waals surface area contributed by atoms with E-state index in [2.05, 4.69) is 182 Å². The van der Waals surface area contributed by atoms with Crippen LogP contribution in [0.5, 0.6) is 0 Å². The van der Waals surface area contributed by atoms with E-state index < -0.39 is 8.07 Å². The predicted molar refractivity (Wildman–Crippen MR) is 219 cm³/mol. The van der Waals surface area contributed by atoms with E-state index in [4.69, 9.17) is 0 Å². The first-order valence-corrected chi connectivity index (χ1v) is 21.6. The molecule has 51 heavy (non-hydrogen) atoms. The van der Waals surface area contributed by atoms with Crippen LogP contribution in [-0.4, -0.2) is 8.07 Å². The molecule has 0 bridgehead atoms. The number of anilines is 4. The van der Waals surface area contributed by atoms with E-state index in [1.165, 1.54) is 89.5 Å². The van der Waals surface area contributed by atoms with Gasteiger partial charge in [-0.1, -0.05) is 146 Å². The largest absolute Gasteiger partial charge is 0.336 e. The Morgan fingerprint density at radius 3 is 1.25 bits per heavy atom. The highest BCUT2D eigenvalue weighted by Crippen LogP contribution is 2.56. The molecule has 2 unspecified atom stereocenters. The summed E-state index contributed by atoms with van der Waals surface area (Å²) in [6, 6.07) is 49.9. The minimum atomic E-state index is -2.04. The second kappa shape index (κ2) is 11.3. The maximum Gasteiger partial charge on any atom is 0.0722 e. The van der Waals surface area contributed by atoms with Gasteiger partial charge in [-0.25, -0.2) is 0 Å². The Balaban J connectivity index is 1.05. The van der Waals surface area contributed by atoms with Gasteiger partial charge in [-0.15, -0.1) is 0 Å². The van der Waals surface area contributed by atoms with E-state index in [1.54, 1.807) is 0 Å². The topological polar surface area (TPSA) is 6.48 Å². The number of nitrogens with zero attached hydrogens (tertiary/aromatic N) is 2. The van der Waals surface area contributed by atoms with Crippen LogP contribution in [0.15, 0.2) is 145 Å². The smallest absolute Gasteiger partial charge is 0.0722 e. The van der Waals surface area contributed by atoms with Crippen molar-refractivity contribution in [1.29, 1.82) is 0 Å². The number of hydrogen-bond donors (Lipinski definition) is 0. The minimum absolute atomic E-state index is 0.435. The van der Waals surface area contributed by atoms with Crippen molar-refractivity contribution < 1.29 is 0 Å². The van der Waals surface area contributed by atoms with Crippen LogP contribution in [0.4, 0.5) is 22.7 Å². The quantitative estimate of drug-likeness (QED) is 0.172. The highest BCUT2D eigenvalue weighted by Gasteiger charge is 2.48. The molecular weight excluding hydrogens is 633 g/mol. The van der Waals surface area contributed by atoms with Gasteiger partial charge >= 0.3 is 0 Å². The molecule has 10 rings (SSSR count). The molecule has 2 aliphatic carbocycles. The monoisotopic (exact) mass is 674 g/mol. The number of rotatable bonds is 4. The van der Waals surface area contributed by atoms with Gasteiger partial charge in [-0.2, -0.15) is 0 Å². The van der Waals surface area contributed by atoms with Gasteiger partial charge in [0.25, 0.3) is 0 Å². The van der Waals surface area contributed by atoms with Gasteiger partial charge < -0.3 is 9.80 Å². The fourth-order valence-electron chi connectivity index (χ4n) is 10.3. The van der Waals surface area contributed by atoms with Crippen molar-refractivity contribution in [2.45, 2.75) is 51.1 Å². The highest BCUT2D eigenvalue weighted by atomic mass is 28.3. The Kier molecular flexibility index (Phi) is 6.75. The van der Waals surface area contributed by atoms with Gasteiger partial charge in [0.1, 0.15) is 0 Å². The molecule has 0 saturated heterocycles. The maximum absolute atomic E-state index is 2.65. The number of para-hydroxylation sites is 2. The lowest BCUT2D eigenvalue weighted by molar-refractivity contribution is 0.944. The second-order valence-corrected chi connectivity index (χ2v) is 20.3. The van der Waals surface area contributed by atoms with Crippen LogP contribution in [0.3, 0.4) is 0 Å². The highest BCUT2D eigenvalue weighted by molar-refractivity contribution is 6.81. The molecule has 0 N–H and O–H groups in total. The second-order valence-electron chi connectivity index (χ2n) is 15.5. The van der Waals surface area contributed by atoms with Crippen molar-refractivity contribution in [3.8, 4) is 22.3 Å². The summed E-state index contributed by atoms with van der Waals surface area (Å²) in [5.74, 6) is 0. The van der Waals surface area contributed by atoms with E-state index in [0.29, 0.717) is 11.1 Å². The standard InChI is InChI=1S/C48H42N2Si/c1-31-27-41-39(21-13-25-45(41)49-29-33-15-5-7-17-35(33)37-19-9-11-23-43(37)49)47(31)51(3,4)48-32(2)28-42-40(48)22-14-26-46(42)50-30-34-16-6-8-18-36(34)38-20-10-12-24-44(38)50/h5-28,47-48H,29-30H2,1-4H3. The molecule has 0 saturated carbocycles. The molecule has 3 heteroatoms. The summed E-state index contributed by atoms with van der Waals surface area (Å²) in [6.45, 7) is 11.9. The van der Waals surface area contributed by atoms with E-state index in [9.17, 15) is 0 Å². The molecule has 0 aromatic heterocycles. The Morgan fingerprint density at radius 2 is 0.804 bits per heavy atom. The zero-order valence-corrected chi connectivity index (χ0v) is 30.8. The molecule has 2 heterocycles. The van der Waals surface area contributed by atoms with Crippen molar-refractivity contribution in [1.82, 2.24) is 0 Å². The van der Waals surface area contributed by atoms with Crippen molar-refractivity contribution in [2.24, 2.45) is 0 Å². The summed E-state index contributed by atoms with van der Waals surface area (Å²) in [7, 11) is -2.04. The number of fused-ring (bicyclic) bond motifs is 8. The van der Waals surface area contributed by atoms with E-state index in [1.807, 2.05) is 0 Å². The molecule has 2 nitrogen and oxygen atoms in total. The molecule has 0 fully saturated rings. The Morgan fingerprint density at radius 1 is 0.431 bits per heavy atom. The lowest BCUT2D eigenvalue weighted by atomic mass is 9.92. The van der Waals surface area contributed by atoms with E-state index in [-0.39, 0.29) is 0 Å². The Labute approximate surface area is 303 Å². The SMILES string of the molecule is CC1=Cc2c(cccc2N2Cc3ccccc3-c3ccccc32)C1[Si](C)(C)C1C(C)=Cc2c1cccc2N1Cc2ccccc2-c2ccccc21. The molecule has 2 atom stereocenters. The van der Waals surface area contributed by atoms with Gasteiger partial charge in [0.2, 0.25) is 0 Å². The van der Waals surface area contributed by atoms with Gasteiger partial charge in [-0.3, -0.25) is 0 Å². The molecule has 6 aromatic carbocycles. The van der Waals surface area contributed by atoms with E-state index >= 15 is 0 Å². The predicted octanol–water partition coefficient (Wildman–Crippen LogP) is 12.8. The fraction of sp³-hybridized carbons (Fsp3) is 0.167. The molecular formula is C48H42N2Si. The van der Waals surface area contributed by atoms with Crippen molar-refractivity contribution in [3.63, 3.8) is 0 Å². The van der Waals surface area contributed by atoms with Gasteiger partial charge in [0, 0.05) is 69.2 Å². The van der Waals surface area contributed by atoms with Crippen LogP contribution < -0.4 is 9.80 Å². The van der Waals surface area contributed by atoms with Gasteiger partial charge in [0.05, 0.1) is 8.07 Å². The lowest BCUT2D eigenvalue weighted by Gasteiger charge is -2.40. The first kappa shape index (κ1) is 30.4. The van der Waals surface area contributed by atoms with Crippen LogP contribution in [-0.2, 0) is 13.1 Å². The average Bonchev–Trinajstić information content (AvgIpc) is 3.70. The first-order valence-electron chi connectivity index (χ1n) is 18.4. The summed E-state index contributed by atoms with van der Waals surface area (Å²) in [5.41, 5.74) is 23.1. The van der Waals surface area contributed by atoms with Gasteiger partial charge in [-0.05, 0) is 71.5 Å². The number of benzene rings is 6. The summed E-state index contributed by atoms with van der Waals surface area (Å²) >= 11 is 0. The first-order chi connectivity index (χ1) is 24.9. The average molecular weight is 675 g/mol. The van der Waals surface area contributed by atoms with Crippen LogP contribution in [0.1, 0.15) is 58.3 Å². The Bertz CT molecular complexity index is 2300. The zero-order valence-electron chi connectivity index (χ0n) is 29.8. The zero-order chi connectivity index (χ0) is 34.4. The number of allylic oxidation sites excluding steroid dienone is 2. The van der Waals surface area contributed by atoms with Crippen molar-refractivity contribution in [2.75, 3.05) is 9.80 Å². The maximum atomic E-state index is 2.65. The molecule has 0 spiro atoms. The Hall–Kier alpha value is -5.38. The van der Waals surface area contributed by atoms with Crippen molar-refractivity contribution in [3.05, 3.63) is 178 Å². The van der Waals surface area contributed by atoms with E-state index in [0.717, 1.165) is 13.1 Å². The van der Waals surface area contributed by atoms with Crippen LogP contribution in [0.2, 0.25) is 13.1 Å².